The number of rotatable bonds is 6. The Balaban J connectivity index is 1.47. The monoisotopic (exact) mass is 414 g/mol. The fraction of sp³-hybridized carbons (Fsp3) is 0.300. The number of nitrogens with zero attached hydrogens (tertiary/aromatic N) is 3. The van der Waals surface area contributed by atoms with Crippen LogP contribution >= 0.6 is 0 Å². The summed E-state index contributed by atoms with van der Waals surface area (Å²) in [6, 6.07) is 10.3. The molecule has 0 atom stereocenters. The quantitative estimate of drug-likeness (QED) is 0.664. The number of ether oxygens (including phenoxy) is 2. The first-order valence-corrected chi connectivity index (χ1v) is 10.8. The van der Waals surface area contributed by atoms with Gasteiger partial charge in [0.05, 0.1) is 10.6 Å². The van der Waals surface area contributed by atoms with Crippen molar-refractivity contribution in [3.63, 3.8) is 0 Å². The van der Waals surface area contributed by atoms with Gasteiger partial charge in [-0.05, 0) is 50.1 Å². The number of hydrogen-bond donors (Lipinski definition) is 1. The molecule has 3 aromatic rings. The van der Waals surface area contributed by atoms with Gasteiger partial charge in [0.15, 0.2) is 17.3 Å². The molecule has 4 rings (SSSR count). The highest BCUT2D eigenvalue weighted by Crippen LogP contribution is 2.32. The molecule has 0 saturated carbocycles. The first-order chi connectivity index (χ1) is 14.0. The van der Waals surface area contributed by atoms with Gasteiger partial charge < -0.3 is 9.47 Å². The van der Waals surface area contributed by atoms with Crippen LogP contribution in [0.4, 0.5) is 0 Å². The Morgan fingerprint density at radius 2 is 1.90 bits per heavy atom. The molecule has 0 spiro atoms. The smallest absolute Gasteiger partial charge is 0.240 e. The topological polar surface area (TPSA) is 95.3 Å². The predicted molar refractivity (Wildman–Crippen MR) is 107 cm³/mol. The summed E-state index contributed by atoms with van der Waals surface area (Å²) in [5, 5.41) is 4.55. The number of aryl methyl sites for hydroxylation is 1. The highest BCUT2D eigenvalue weighted by molar-refractivity contribution is 7.89. The van der Waals surface area contributed by atoms with Gasteiger partial charge in [-0.3, -0.25) is 0 Å². The summed E-state index contributed by atoms with van der Waals surface area (Å²) in [4.78, 5) is 4.48. The minimum atomic E-state index is -3.66. The zero-order valence-electron chi connectivity index (χ0n) is 16.3. The molecule has 0 bridgehead atoms. The number of aromatic nitrogens is 3. The lowest BCUT2D eigenvalue weighted by Gasteiger charge is -2.18. The molecular weight excluding hydrogens is 392 g/mol. The fourth-order valence-corrected chi connectivity index (χ4v) is 4.37. The summed E-state index contributed by atoms with van der Waals surface area (Å²) in [5.41, 5.74) is 2.80. The van der Waals surface area contributed by atoms with Gasteiger partial charge in [0.2, 0.25) is 10.0 Å². The van der Waals surface area contributed by atoms with E-state index in [1.165, 1.54) is 12.1 Å². The highest BCUT2D eigenvalue weighted by atomic mass is 32.2. The van der Waals surface area contributed by atoms with Gasteiger partial charge in [-0.2, -0.15) is 5.10 Å². The molecule has 8 nitrogen and oxygen atoms in total. The van der Waals surface area contributed by atoms with Crippen molar-refractivity contribution < 1.29 is 17.9 Å². The number of sulfonamides is 1. The Labute approximate surface area is 169 Å². The van der Waals surface area contributed by atoms with Gasteiger partial charge in [-0.25, -0.2) is 22.8 Å². The second kappa shape index (κ2) is 7.84. The maximum Gasteiger partial charge on any atom is 0.240 e. The number of fused-ring (bicyclic) bond motifs is 1. The first-order valence-electron chi connectivity index (χ1n) is 9.31. The standard InChI is InChI=1S/C20H22N4O4S/c1-14-17(15(2)24(23-14)20-5-3-4-9-21-20)8-10-22-29(25,26)16-6-7-18-19(13-16)28-12-11-27-18/h3-7,9,13,22H,8,10-12H2,1-2H3. The lowest BCUT2D eigenvalue weighted by molar-refractivity contribution is 0.171. The maximum atomic E-state index is 12.7. The molecule has 0 amide bonds. The molecule has 1 aromatic carbocycles. The molecule has 3 heterocycles. The molecule has 29 heavy (non-hydrogen) atoms. The SMILES string of the molecule is Cc1nn(-c2ccccn2)c(C)c1CCNS(=O)(=O)c1ccc2c(c1)OCCO2. The molecule has 0 unspecified atom stereocenters. The van der Waals surface area contributed by atoms with Crippen molar-refractivity contribution >= 4 is 10.0 Å². The molecular formula is C20H22N4O4S. The third-order valence-corrected chi connectivity index (χ3v) is 6.26. The average molecular weight is 414 g/mol. The van der Waals surface area contributed by atoms with Gasteiger partial charge in [-0.15, -0.1) is 0 Å². The second-order valence-corrected chi connectivity index (χ2v) is 8.47. The van der Waals surface area contributed by atoms with Crippen molar-refractivity contribution in [2.24, 2.45) is 0 Å². The first kappa shape index (κ1) is 19.4. The van der Waals surface area contributed by atoms with Crippen LogP contribution in [-0.2, 0) is 16.4 Å². The van der Waals surface area contributed by atoms with Crippen molar-refractivity contribution in [2.75, 3.05) is 19.8 Å². The zero-order valence-corrected chi connectivity index (χ0v) is 17.1. The van der Waals surface area contributed by atoms with Crippen molar-refractivity contribution in [2.45, 2.75) is 25.2 Å². The predicted octanol–water partition coefficient (Wildman–Crippen LogP) is 2.18. The van der Waals surface area contributed by atoms with E-state index < -0.39 is 10.0 Å². The zero-order chi connectivity index (χ0) is 20.4. The molecule has 0 saturated heterocycles. The van der Waals surface area contributed by atoms with Crippen LogP contribution in [0.1, 0.15) is 17.0 Å². The summed E-state index contributed by atoms with van der Waals surface area (Å²) in [5.74, 6) is 1.74. The lowest BCUT2D eigenvalue weighted by Crippen LogP contribution is -2.26. The Hall–Kier alpha value is -2.91. The Morgan fingerprint density at radius 1 is 1.10 bits per heavy atom. The van der Waals surface area contributed by atoms with Crippen molar-refractivity contribution in [3.05, 3.63) is 59.5 Å². The van der Waals surface area contributed by atoms with Crippen LogP contribution in [0.5, 0.6) is 11.5 Å². The summed E-state index contributed by atoms with van der Waals surface area (Å²) in [6.07, 6.45) is 2.24. The average Bonchev–Trinajstić information content (AvgIpc) is 3.02. The molecule has 1 aliphatic rings. The van der Waals surface area contributed by atoms with Crippen LogP contribution in [0.3, 0.4) is 0 Å². The van der Waals surface area contributed by atoms with E-state index in [1.54, 1.807) is 16.9 Å². The summed E-state index contributed by atoms with van der Waals surface area (Å²) in [6.45, 7) is 4.99. The molecule has 0 radical (unpaired) electrons. The van der Waals surface area contributed by atoms with E-state index in [-0.39, 0.29) is 11.4 Å². The number of pyridine rings is 1. The molecule has 2 aromatic heterocycles. The molecule has 0 fully saturated rings. The van der Waals surface area contributed by atoms with Crippen molar-refractivity contribution in [1.82, 2.24) is 19.5 Å². The van der Waals surface area contributed by atoms with Crippen LogP contribution in [0.25, 0.3) is 5.82 Å². The Morgan fingerprint density at radius 3 is 2.66 bits per heavy atom. The van der Waals surface area contributed by atoms with E-state index in [9.17, 15) is 8.42 Å². The third-order valence-electron chi connectivity index (χ3n) is 4.80. The maximum absolute atomic E-state index is 12.7. The van der Waals surface area contributed by atoms with Gasteiger partial charge in [0.25, 0.3) is 0 Å². The summed E-state index contributed by atoms with van der Waals surface area (Å²) in [7, 11) is -3.66. The van der Waals surface area contributed by atoms with E-state index in [0.717, 1.165) is 22.8 Å². The van der Waals surface area contributed by atoms with Crippen LogP contribution in [0.2, 0.25) is 0 Å². The largest absolute Gasteiger partial charge is 0.486 e. The molecule has 1 N–H and O–H groups in total. The van der Waals surface area contributed by atoms with Crippen LogP contribution in [-0.4, -0.2) is 42.9 Å². The lowest BCUT2D eigenvalue weighted by atomic mass is 10.1. The number of nitrogens with one attached hydrogen (secondary N) is 1. The second-order valence-electron chi connectivity index (χ2n) is 6.70. The minimum absolute atomic E-state index is 0.152. The van der Waals surface area contributed by atoms with Gasteiger partial charge >= 0.3 is 0 Å². The van der Waals surface area contributed by atoms with Crippen LogP contribution in [0.15, 0.2) is 47.5 Å². The fourth-order valence-electron chi connectivity index (χ4n) is 3.32. The normalized spacial score (nSPS) is 13.4. The Bertz CT molecular complexity index is 1130. The van der Waals surface area contributed by atoms with E-state index in [4.69, 9.17) is 9.47 Å². The summed E-state index contributed by atoms with van der Waals surface area (Å²) < 4.78 is 40.7. The van der Waals surface area contributed by atoms with E-state index >= 15 is 0 Å². The molecule has 0 aliphatic carbocycles. The highest BCUT2D eigenvalue weighted by Gasteiger charge is 2.20. The van der Waals surface area contributed by atoms with E-state index in [0.29, 0.717) is 31.1 Å². The van der Waals surface area contributed by atoms with E-state index in [1.807, 2.05) is 32.0 Å². The van der Waals surface area contributed by atoms with Gasteiger partial charge in [0.1, 0.15) is 13.2 Å². The van der Waals surface area contributed by atoms with Gasteiger partial charge in [0, 0.05) is 24.5 Å². The number of benzene rings is 1. The van der Waals surface area contributed by atoms with Crippen LogP contribution in [0, 0.1) is 13.8 Å². The van der Waals surface area contributed by atoms with E-state index in [2.05, 4.69) is 14.8 Å². The third kappa shape index (κ3) is 3.96. The minimum Gasteiger partial charge on any atom is -0.486 e. The Kier molecular flexibility index (Phi) is 5.25. The van der Waals surface area contributed by atoms with Gasteiger partial charge in [-0.1, -0.05) is 6.07 Å². The van der Waals surface area contributed by atoms with Crippen LogP contribution < -0.4 is 14.2 Å². The van der Waals surface area contributed by atoms with Crippen molar-refractivity contribution in [1.29, 1.82) is 0 Å². The molecule has 1 aliphatic heterocycles. The molecule has 9 heteroatoms. The molecule has 152 valence electrons. The number of hydrogen-bond acceptors (Lipinski definition) is 6. The summed E-state index contributed by atoms with van der Waals surface area (Å²) >= 11 is 0. The van der Waals surface area contributed by atoms with Crippen molar-refractivity contribution in [3.8, 4) is 17.3 Å².